The predicted octanol–water partition coefficient (Wildman–Crippen LogP) is 1.36. The molecule has 6 nitrogen and oxygen atoms in total. The summed E-state index contributed by atoms with van der Waals surface area (Å²) in [5, 5.41) is 6.73. The number of hydrogen-bond donors (Lipinski definition) is 2. The first-order chi connectivity index (χ1) is 11.6. The van der Waals surface area contributed by atoms with Crippen LogP contribution in [-0.4, -0.2) is 4.98 Å². The highest BCUT2D eigenvalue weighted by atomic mass is 16.2. The average molecular weight is 342 g/mol. The van der Waals surface area contributed by atoms with Crippen molar-refractivity contribution in [2.24, 2.45) is 11.8 Å². The fraction of sp³-hybridized carbons (Fsp3) is 0.421. The number of fused-ring (bicyclic) bond motifs is 1. The molecule has 1 atom stereocenters. The molecule has 132 valence electrons. The maximum Gasteiger partial charge on any atom is 0.256 e. The molecule has 1 unspecified atom stereocenters. The van der Waals surface area contributed by atoms with Crippen LogP contribution in [0.15, 0.2) is 25.3 Å². The number of aromatic nitrogens is 1. The molecular formula is C19H22N2O4. The molecular weight excluding hydrogens is 320 g/mol. The lowest BCUT2D eigenvalue weighted by Crippen LogP contribution is -2.48. The fourth-order valence-electron chi connectivity index (χ4n) is 3.36. The van der Waals surface area contributed by atoms with E-state index in [-0.39, 0.29) is 16.8 Å². The Kier molecular flexibility index (Phi) is 5.02. The molecule has 2 N–H and O–H groups in total. The molecule has 0 aliphatic heterocycles. The van der Waals surface area contributed by atoms with Gasteiger partial charge in [-0.2, -0.15) is 0 Å². The molecule has 2 aromatic rings. The Balaban J connectivity index is 2.96. The maximum atomic E-state index is 12.5. The van der Waals surface area contributed by atoms with Gasteiger partial charge in [0.25, 0.3) is 16.4 Å². The van der Waals surface area contributed by atoms with Gasteiger partial charge in [0.15, 0.2) is 5.36 Å². The third kappa shape index (κ3) is 3.29. The first-order valence-electron chi connectivity index (χ1n) is 8.24. The highest BCUT2D eigenvalue weighted by Gasteiger charge is 2.19. The van der Waals surface area contributed by atoms with E-state index in [2.05, 4.69) is 18.8 Å². The van der Waals surface area contributed by atoms with E-state index in [1.54, 1.807) is 13.8 Å². The Bertz CT molecular complexity index is 1130. The molecule has 25 heavy (non-hydrogen) atoms. The highest BCUT2D eigenvalue weighted by molar-refractivity contribution is 5.92. The second-order valence-corrected chi connectivity index (χ2v) is 7.02. The number of hydrogen-bond acceptors (Lipinski definition) is 5. The standard InChI is InChI=1S/C19H22N2O4/c1-8(2)6-9(3)7-10(4)12-11(5)19(25)21-15-13(12)16(22)14(20)17(23)18(15)24/h7-9,20H,6H2,1-5H3,(H,21,25)/b10-7+,20-14?. The summed E-state index contributed by atoms with van der Waals surface area (Å²) in [6.45, 7) is 9.59. The molecule has 1 heterocycles. The van der Waals surface area contributed by atoms with Gasteiger partial charge in [-0.05, 0) is 43.2 Å². The van der Waals surface area contributed by atoms with Crippen molar-refractivity contribution in [3.05, 3.63) is 63.6 Å². The lowest BCUT2D eigenvalue weighted by molar-refractivity contribution is 0.503. The molecule has 0 aliphatic carbocycles. The van der Waals surface area contributed by atoms with E-state index < -0.39 is 27.2 Å². The summed E-state index contributed by atoms with van der Waals surface area (Å²) in [5.41, 5.74) is -2.49. The molecule has 0 bridgehead atoms. The fourth-order valence-corrected chi connectivity index (χ4v) is 3.36. The second-order valence-electron chi connectivity index (χ2n) is 7.02. The van der Waals surface area contributed by atoms with Crippen molar-refractivity contribution < 1.29 is 0 Å². The number of aromatic amines is 1. The Morgan fingerprint density at radius 1 is 1.08 bits per heavy atom. The molecule has 2 rings (SSSR count). The third-order valence-electron chi connectivity index (χ3n) is 4.34. The molecule has 0 amide bonds. The summed E-state index contributed by atoms with van der Waals surface area (Å²) in [6.07, 6.45) is 2.89. The summed E-state index contributed by atoms with van der Waals surface area (Å²) in [6, 6.07) is 0. The monoisotopic (exact) mass is 342 g/mol. The van der Waals surface area contributed by atoms with Crippen LogP contribution in [-0.2, 0) is 0 Å². The number of pyridine rings is 1. The van der Waals surface area contributed by atoms with Gasteiger partial charge in [-0.25, -0.2) is 0 Å². The van der Waals surface area contributed by atoms with Gasteiger partial charge >= 0.3 is 0 Å². The summed E-state index contributed by atoms with van der Waals surface area (Å²) in [5.74, 6) is 0.701. The van der Waals surface area contributed by atoms with Gasteiger partial charge in [0.2, 0.25) is 5.43 Å². The summed E-state index contributed by atoms with van der Waals surface area (Å²) < 4.78 is 0. The lowest BCUT2D eigenvalue weighted by Gasteiger charge is -2.13. The smallest absolute Gasteiger partial charge is 0.256 e. The zero-order chi connectivity index (χ0) is 19.0. The van der Waals surface area contributed by atoms with E-state index in [0.29, 0.717) is 22.6 Å². The van der Waals surface area contributed by atoms with Gasteiger partial charge in [0, 0.05) is 5.56 Å². The van der Waals surface area contributed by atoms with Crippen LogP contribution in [0.1, 0.15) is 45.2 Å². The molecule has 0 fully saturated rings. The van der Waals surface area contributed by atoms with E-state index in [1.165, 1.54) is 0 Å². The molecule has 0 saturated carbocycles. The van der Waals surface area contributed by atoms with Crippen LogP contribution < -0.4 is 27.2 Å². The zero-order valence-corrected chi connectivity index (χ0v) is 15.1. The van der Waals surface area contributed by atoms with Crippen molar-refractivity contribution in [2.45, 2.75) is 41.0 Å². The van der Waals surface area contributed by atoms with Gasteiger partial charge in [0.05, 0.1) is 5.39 Å². The van der Waals surface area contributed by atoms with Gasteiger partial charge in [-0.1, -0.05) is 26.8 Å². The Hall–Kier alpha value is -2.63. The summed E-state index contributed by atoms with van der Waals surface area (Å²) >= 11 is 0. The van der Waals surface area contributed by atoms with E-state index in [0.717, 1.165) is 6.42 Å². The molecule has 6 heteroatoms. The molecule has 1 aromatic carbocycles. The minimum Gasteiger partial charge on any atom is -0.318 e. The van der Waals surface area contributed by atoms with Crippen molar-refractivity contribution in [2.75, 3.05) is 0 Å². The van der Waals surface area contributed by atoms with Crippen LogP contribution >= 0.6 is 0 Å². The Morgan fingerprint density at radius 3 is 2.24 bits per heavy atom. The van der Waals surface area contributed by atoms with Crippen molar-refractivity contribution in [1.82, 2.24) is 4.98 Å². The van der Waals surface area contributed by atoms with Crippen molar-refractivity contribution in [3.8, 4) is 0 Å². The predicted molar refractivity (Wildman–Crippen MR) is 98.6 cm³/mol. The van der Waals surface area contributed by atoms with E-state index in [1.807, 2.05) is 13.0 Å². The van der Waals surface area contributed by atoms with Crippen LogP contribution in [0, 0.1) is 24.2 Å². The van der Waals surface area contributed by atoms with E-state index in [4.69, 9.17) is 5.41 Å². The number of H-pyrrole nitrogens is 1. The SMILES string of the molecule is C/C(=C\C(C)CC(C)C)c1c(C)c(=O)[nH]c2c(=O)c(=O)c(=N)c(=O)c12. The lowest BCUT2D eigenvalue weighted by atomic mass is 9.92. The van der Waals surface area contributed by atoms with Gasteiger partial charge in [-0.3, -0.25) is 24.6 Å². The summed E-state index contributed by atoms with van der Waals surface area (Å²) in [4.78, 5) is 50.9. The number of allylic oxidation sites excluding steroid dienone is 2. The van der Waals surface area contributed by atoms with Crippen molar-refractivity contribution in [3.63, 3.8) is 0 Å². The third-order valence-corrected chi connectivity index (χ3v) is 4.34. The van der Waals surface area contributed by atoms with Gasteiger partial charge in [0.1, 0.15) is 5.52 Å². The van der Waals surface area contributed by atoms with Crippen molar-refractivity contribution in [1.29, 1.82) is 5.41 Å². The van der Waals surface area contributed by atoms with E-state index in [9.17, 15) is 19.2 Å². The normalized spacial score (nSPS) is 13.6. The molecule has 0 saturated heterocycles. The summed E-state index contributed by atoms with van der Waals surface area (Å²) in [7, 11) is 0. The van der Waals surface area contributed by atoms with Crippen LogP contribution in [0.4, 0.5) is 0 Å². The topological polar surface area (TPSA) is 108 Å². The zero-order valence-electron chi connectivity index (χ0n) is 15.1. The van der Waals surface area contributed by atoms with Crippen molar-refractivity contribution >= 4 is 16.5 Å². The minimum atomic E-state index is -1.18. The van der Waals surface area contributed by atoms with Gasteiger partial charge in [-0.15, -0.1) is 0 Å². The van der Waals surface area contributed by atoms with Crippen LogP contribution in [0.3, 0.4) is 0 Å². The molecule has 0 spiro atoms. The van der Waals surface area contributed by atoms with Crippen LogP contribution in [0.2, 0.25) is 0 Å². The Morgan fingerprint density at radius 2 is 1.68 bits per heavy atom. The quantitative estimate of drug-likeness (QED) is 0.818. The Labute approximate surface area is 144 Å². The van der Waals surface area contributed by atoms with Crippen LogP contribution in [0.5, 0.6) is 0 Å². The number of nitrogens with one attached hydrogen (secondary N) is 2. The molecule has 1 aromatic heterocycles. The average Bonchev–Trinajstić information content (AvgIpc) is 2.51. The van der Waals surface area contributed by atoms with Gasteiger partial charge < -0.3 is 4.98 Å². The maximum absolute atomic E-state index is 12.5. The first kappa shape index (κ1) is 18.7. The van der Waals surface area contributed by atoms with Crippen LogP contribution in [0.25, 0.3) is 16.5 Å². The van der Waals surface area contributed by atoms with E-state index >= 15 is 0 Å². The number of benzene rings is 1. The first-order valence-corrected chi connectivity index (χ1v) is 8.24. The minimum absolute atomic E-state index is 0.0443. The highest BCUT2D eigenvalue weighted by Crippen LogP contribution is 2.24. The molecule has 0 radical (unpaired) electrons. The largest absolute Gasteiger partial charge is 0.318 e. The second kappa shape index (κ2) is 6.70. The number of rotatable bonds is 4. The molecule has 0 aliphatic rings.